The van der Waals surface area contributed by atoms with Crippen LogP contribution in [-0.2, 0) is 0 Å². The molecule has 0 aliphatic carbocycles. The molecule has 230 valence electrons. The normalized spacial score (nSPS) is 12.0. The Kier molecular flexibility index (Phi) is 5.16. The van der Waals surface area contributed by atoms with Gasteiger partial charge in [0.25, 0.3) is 0 Å². The zero-order valence-electron chi connectivity index (χ0n) is 26.3. The fourth-order valence-corrected chi connectivity index (χ4v) is 7.96. The van der Waals surface area contributed by atoms with Crippen LogP contribution in [0, 0.1) is 13.1 Å². The monoisotopic (exact) mass is 638 g/mol. The van der Waals surface area contributed by atoms with Crippen LogP contribution in [-0.4, -0.2) is 9.13 Å². The maximum Gasteiger partial charge on any atom is 0.188 e. The van der Waals surface area contributed by atoms with Crippen LogP contribution in [0.4, 0.5) is 11.4 Å². The molecule has 0 fully saturated rings. The minimum Gasteiger partial charge on any atom is -0.456 e. The molecule has 4 heterocycles. The Morgan fingerprint density at radius 3 is 1.68 bits per heavy atom. The van der Waals surface area contributed by atoms with Gasteiger partial charge in [-0.05, 0) is 90.3 Å². The number of nitrogens with zero attached hydrogens (tertiary/aromatic N) is 4. The van der Waals surface area contributed by atoms with Crippen LogP contribution in [0.25, 0.3) is 109 Å². The Hall–Kier alpha value is -7.28. The minimum absolute atomic E-state index is 0.587. The third-order valence-corrected chi connectivity index (χ3v) is 10.1. The lowest BCUT2D eigenvalue weighted by molar-refractivity contribution is 0.668. The van der Waals surface area contributed by atoms with Crippen LogP contribution >= 0.6 is 0 Å². The lowest BCUT2D eigenvalue weighted by Crippen LogP contribution is -1.94. The number of benzene rings is 7. The molecule has 7 aromatic carbocycles. The number of aromatic nitrogens is 2. The maximum absolute atomic E-state index is 7.75. The SMILES string of the molecule is [C-]#[N+]c1ccc2c(c1)c1ccccc1n2-c1ccc2oc3ccc(-n4c5ccc([N+]#[C-])cc5c5c6oc7ccccc7c6ccc54)cc3c2c1. The highest BCUT2D eigenvalue weighted by Crippen LogP contribution is 2.43. The van der Waals surface area contributed by atoms with Gasteiger partial charge in [0.2, 0.25) is 0 Å². The van der Waals surface area contributed by atoms with Gasteiger partial charge in [0.05, 0.1) is 35.2 Å². The molecule has 11 aromatic rings. The molecule has 6 heteroatoms. The largest absolute Gasteiger partial charge is 0.456 e. The summed E-state index contributed by atoms with van der Waals surface area (Å²) >= 11 is 0. The van der Waals surface area contributed by atoms with Gasteiger partial charge in [0.15, 0.2) is 11.4 Å². The van der Waals surface area contributed by atoms with Crippen LogP contribution in [0.1, 0.15) is 0 Å². The van der Waals surface area contributed by atoms with Gasteiger partial charge in [-0.2, -0.15) is 0 Å². The van der Waals surface area contributed by atoms with Gasteiger partial charge in [-0.15, -0.1) is 0 Å². The van der Waals surface area contributed by atoms with Crippen molar-refractivity contribution in [3.8, 4) is 11.4 Å². The van der Waals surface area contributed by atoms with Crippen molar-refractivity contribution in [1.29, 1.82) is 0 Å². The lowest BCUT2D eigenvalue weighted by atomic mass is 10.1. The standard InChI is InChI=1S/C44H22N4O2/c1-45-25-11-16-37-32(21-25)29-7-3-5-9-36(29)47(37)27-13-19-41-33(23-27)34-24-28(14-20-42(34)49-41)48-38-17-12-26(46-2)22-35(38)43-39(48)18-15-31-30-8-4-6-10-40(30)50-44(31)43/h3-24H. The maximum atomic E-state index is 7.75. The summed E-state index contributed by atoms with van der Waals surface area (Å²) in [6.07, 6.45) is 0. The van der Waals surface area contributed by atoms with E-state index in [2.05, 4.69) is 79.5 Å². The molecule has 0 saturated heterocycles. The molecule has 11 rings (SSSR count). The molecular weight excluding hydrogens is 617 g/mol. The third-order valence-electron chi connectivity index (χ3n) is 10.1. The molecular formula is C44H22N4O2. The van der Waals surface area contributed by atoms with Crippen molar-refractivity contribution in [3.63, 3.8) is 0 Å². The zero-order chi connectivity index (χ0) is 33.1. The smallest absolute Gasteiger partial charge is 0.188 e. The van der Waals surface area contributed by atoms with Crippen molar-refractivity contribution < 1.29 is 8.83 Å². The van der Waals surface area contributed by atoms with E-state index in [4.69, 9.17) is 22.0 Å². The van der Waals surface area contributed by atoms with E-state index in [0.717, 1.165) is 98.9 Å². The second-order valence-corrected chi connectivity index (χ2v) is 12.7. The molecule has 0 saturated carbocycles. The fraction of sp³-hybridized carbons (Fsp3) is 0. The Labute approximate surface area is 283 Å². The summed E-state index contributed by atoms with van der Waals surface area (Å²) in [4.78, 5) is 7.45. The Balaban J connectivity index is 1.18. The number of para-hydroxylation sites is 2. The Morgan fingerprint density at radius 1 is 0.400 bits per heavy atom. The van der Waals surface area contributed by atoms with Crippen molar-refractivity contribution >= 4 is 98.9 Å². The molecule has 0 aliphatic heterocycles. The van der Waals surface area contributed by atoms with E-state index >= 15 is 0 Å². The summed E-state index contributed by atoms with van der Waals surface area (Å²) in [6, 6.07) is 45.2. The topological polar surface area (TPSA) is 44.9 Å². The van der Waals surface area contributed by atoms with E-state index in [1.807, 2.05) is 72.8 Å². The van der Waals surface area contributed by atoms with E-state index < -0.39 is 0 Å². The molecule has 0 spiro atoms. The second-order valence-electron chi connectivity index (χ2n) is 12.7. The molecule has 4 aromatic heterocycles. The Bertz CT molecular complexity index is 3360. The third kappa shape index (κ3) is 3.49. The van der Waals surface area contributed by atoms with Crippen LogP contribution in [0.15, 0.2) is 142 Å². The van der Waals surface area contributed by atoms with Crippen molar-refractivity contribution in [3.05, 3.63) is 156 Å². The van der Waals surface area contributed by atoms with E-state index in [1.54, 1.807) is 0 Å². The summed E-state index contributed by atoms with van der Waals surface area (Å²) in [5.74, 6) is 0. The number of fused-ring (bicyclic) bond motifs is 13. The van der Waals surface area contributed by atoms with Gasteiger partial charge < -0.3 is 18.0 Å². The molecule has 0 N–H and O–H groups in total. The minimum atomic E-state index is 0.587. The van der Waals surface area contributed by atoms with Gasteiger partial charge in [-0.1, -0.05) is 48.5 Å². The first-order valence-corrected chi connectivity index (χ1v) is 16.3. The zero-order valence-corrected chi connectivity index (χ0v) is 26.3. The van der Waals surface area contributed by atoms with E-state index in [0.29, 0.717) is 11.4 Å². The number of furan rings is 2. The highest BCUT2D eigenvalue weighted by molar-refractivity contribution is 6.24. The number of rotatable bonds is 2. The summed E-state index contributed by atoms with van der Waals surface area (Å²) < 4.78 is 17.4. The second kappa shape index (κ2) is 9.64. The van der Waals surface area contributed by atoms with Crippen molar-refractivity contribution in [2.45, 2.75) is 0 Å². The highest BCUT2D eigenvalue weighted by Gasteiger charge is 2.20. The van der Waals surface area contributed by atoms with Gasteiger partial charge in [-0.3, -0.25) is 0 Å². The van der Waals surface area contributed by atoms with Crippen LogP contribution in [0.2, 0.25) is 0 Å². The van der Waals surface area contributed by atoms with E-state index in [-0.39, 0.29) is 0 Å². The molecule has 50 heavy (non-hydrogen) atoms. The molecule has 0 amide bonds. The average molecular weight is 639 g/mol. The van der Waals surface area contributed by atoms with Crippen molar-refractivity contribution in [2.75, 3.05) is 0 Å². The summed E-state index contributed by atoms with van der Waals surface area (Å²) in [6.45, 7) is 15.3. The molecule has 0 aliphatic rings. The quantitative estimate of drug-likeness (QED) is 0.177. The summed E-state index contributed by atoms with van der Waals surface area (Å²) in [5, 5.41) is 8.28. The van der Waals surface area contributed by atoms with E-state index in [1.165, 1.54) is 0 Å². The first-order chi connectivity index (χ1) is 24.7. The van der Waals surface area contributed by atoms with Gasteiger partial charge >= 0.3 is 0 Å². The molecule has 0 unspecified atom stereocenters. The van der Waals surface area contributed by atoms with Crippen molar-refractivity contribution in [2.24, 2.45) is 0 Å². The van der Waals surface area contributed by atoms with Crippen molar-refractivity contribution in [1.82, 2.24) is 9.13 Å². The summed E-state index contributed by atoms with van der Waals surface area (Å²) in [5.41, 5.74) is 10.6. The average Bonchev–Trinajstić information content (AvgIpc) is 3.91. The highest BCUT2D eigenvalue weighted by atomic mass is 16.3. The van der Waals surface area contributed by atoms with Crippen LogP contribution < -0.4 is 0 Å². The Morgan fingerprint density at radius 2 is 0.960 bits per heavy atom. The molecule has 6 nitrogen and oxygen atoms in total. The summed E-state index contributed by atoms with van der Waals surface area (Å²) in [7, 11) is 0. The first-order valence-electron chi connectivity index (χ1n) is 16.3. The van der Waals surface area contributed by atoms with Gasteiger partial charge in [0, 0.05) is 49.1 Å². The number of hydrogen-bond acceptors (Lipinski definition) is 2. The molecule has 0 radical (unpaired) electrons. The van der Waals surface area contributed by atoms with Gasteiger partial charge in [0.1, 0.15) is 22.3 Å². The van der Waals surface area contributed by atoms with Gasteiger partial charge in [-0.25, -0.2) is 9.69 Å². The first kappa shape index (κ1) is 26.8. The predicted molar refractivity (Wildman–Crippen MR) is 202 cm³/mol. The predicted octanol–water partition coefficient (Wildman–Crippen LogP) is 12.8. The molecule has 0 bridgehead atoms. The van der Waals surface area contributed by atoms with E-state index in [9.17, 15) is 0 Å². The molecule has 0 atom stereocenters. The van der Waals surface area contributed by atoms with Crippen LogP contribution in [0.3, 0.4) is 0 Å². The number of hydrogen-bond donors (Lipinski definition) is 0. The van der Waals surface area contributed by atoms with Crippen LogP contribution in [0.5, 0.6) is 0 Å². The lowest BCUT2D eigenvalue weighted by Gasteiger charge is -2.09. The fourth-order valence-electron chi connectivity index (χ4n) is 7.96.